The highest BCUT2D eigenvalue weighted by atomic mass is 16.6. The molecule has 0 aliphatic heterocycles. The molecule has 0 amide bonds. The Kier molecular flexibility index (Phi) is 52.2. The fraction of sp³-hybridized carbons (Fsp3) is 0.914. The normalized spacial score (nSPS) is 12.0. The highest BCUT2D eigenvalue weighted by molar-refractivity contribution is 5.71. The maximum absolute atomic E-state index is 12.8. The van der Waals surface area contributed by atoms with Crippen LogP contribution in [0.25, 0.3) is 0 Å². The van der Waals surface area contributed by atoms with Gasteiger partial charge in [0.2, 0.25) is 0 Å². The van der Waals surface area contributed by atoms with Gasteiger partial charge in [-0.3, -0.25) is 14.4 Å². The third-order valence-electron chi connectivity index (χ3n) is 13.0. The zero-order valence-electron chi connectivity index (χ0n) is 43.3. The highest BCUT2D eigenvalue weighted by Gasteiger charge is 2.19. The van der Waals surface area contributed by atoms with Gasteiger partial charge in [0.05, 0.1) is 0 Å². The number of allylic oxidation sites excluding steroid dienone is 2. The molecular formula is C58H110O6. The third-order valence-corrected chi connectivity index (χ3v) is 13.0. The first-order valence-electron chi connectivity index (χ1n) is 28.7. The Bertz CT molecular complexity index is 993. The molecule has 0 fully saturated rings. The van der Waals surface area contributed by atoms with E-state index >= 15 is 0 Å². The first-order valence-corrected chi connectivity index (χ1v) is 28.7. The van der Waals surface area contributed by atoms with Crippen LogP contribution in [0.2, 0.25) is 0 Å². The predicted octanol–water partition coefficient (Wildman–Crippen LogP) is 18.9. The van der Waals surface area contributed by atoms with Crippen LogP contribution in [0.5, 0.6) is 0 Å². The standard InChI is InChI=1S/C58H110O6/c1-4-7-10-13-16-19-22-25-27-29-30-32-33-36-39-42-45-48-51-57(60)63-54-55(53-62-56(59)50-47-44-41-38-35-24-21-18-15-12-9-6-3)64-58(61)52-49-46-43-40-37-34-31-28-26-23-20-17-14-11-8-5-2/h18,21,55H,4-17,19-20,22-54H2,1-3H3/b21-18-. The molecule has 0 saturated heterocycles. The molecule has 0 aromatic heterocycles. The van der Waals surface area contributed by atoms with Crippen LogP contribution in [-0.4, -0.2) is 37.2 Å². The van der Waals surface area contributed by atoms with E-state index in [-0.39, 0.29) is 31.1 Å². The third kappa shape index (κ3) is 51.1. The van der Waals surface area contributed by atoms with Gasteiger partial charge in [0.15, 0.2) is 6.10 Å². The van der Waals surface area contributed by atoms with Gasteiger partial charge in [0.25, 0.3) is 0 Å². The van der Waals surface area contributed by atoms with Crippen LogP contribution in [0.1, 0.15) is 323 Å². The van der Waals surface area contributed by atoms with Gasteiger partial charge in [-0.2, -0.15) is 0 Å². The molecule has 64 heavy (non-hydrogen) atoms. The van der Waals surface area contributed by atoms with Gasteiger partial charge in [-0.25, -0.2) is 0 Å². The SMILES string of the molecule is CCCCC/C=C\CCCCCCCC(=O)OCC(COC(=O)CCCCCCCCCCCCCCCCCCCC)OC(=O)CCCCCCCCCCCCCCCCCC. The largest absolute Gasteiger partial charge is 0.462 e. The molecule has 0 rings (SSSR count). The summed E-state index contributed by atoms with van der Waals surface area (Å²) in [5, 5.41) is 0. The molecule has 6 heteroatoms. The molecule has 378 valence electrons. The number of rotatable bonds is 53. The van der Waals surface area contributed by atoms with Crippen molar-refractivity contribution in [1.29, 1.82) is 0 Å². The van der Waals surface area contributed by atoms with Crippen LogP contribution in [0.4, 0.5) is 0 Å². The summed E-state index contributed by atoms with van der Waals surface area (Å²) < 4.78 is 16.9. The van der Waals surface area contributed by atoms with Crippen molar-refractivity contribution in [2.45, 2.75) is 329 Å². The molecule has 0 radical (unpaired) electrons. The van der Waals surface area contributed by atoms with E-state index in [4.69, 9.17) is 14.2 Å². The van der Waals surface area contributed by atoms with Crippen LogP contribution in [0, 0.1) is 0 Å². The molecule has 0 aliphatic rings. The van der Waals surface area contributed by atoms with Gasteiger partial charge in [-0.1, -0.05) is 270 Å². The Morgan fingerprint density at radius 2 is 0.516 bits per heavy atom. The average Bonchev–Trinajstić information content (AvgIpc) is 3.29. The molecule has 0 bridgehead atoms. The molecule has 0 saturated carbocycles. The van der Waals surface area contributed by atoms with Gasteiger partial charge < -0.3 is 14.2 Å². The Labute approximate surface area is 399 Å². The maximum Gasteiger partial charge on any atom is 0.306 e. The molecule has 0 N–H and O–H groups in total. The van der Waals surface area contributed by atoms with Gasteiger partial charge in [-0.15, -0.1) is 0 Å². The van der Waals surface area contributed by atoms with Crippen molar-refractivity contribution in [3.63, 3.8) is 0 Å². The monoisotopic (exact) mass is 903 g/mol. The van der Waals surface area contributed by atoms with Crippen molar-refractivity contribution < 1.29 is 28.6 Å². The molecule has 0 aliphatic carbocycles. The summed E-state index contributed by atoms with van der Waals surface area (Å²) in [5.74, 6) is -0.852. The second-order valence-corrected chi connectivity index (χ2v) is 19.6. The van der Waals surface area contributed by atoms with E-state index in [0.29, 0.717) is 19.3 Å². The quantitative estimate of drug-likeness (QED) is 0.0262. The zero-order chi connectivity index (χ0) is 46.5. The molecule has 0 aromatic carbocycles. The fourth-order valence-electron chi connectivity index (χ4n) is 8.68. The number of carbonyl (C=O) groups excluding carboxylic acids is 3. The first kappa shape index (κ1) is 62.1. The Morgan fingerprint density at radius 1 is 0.297 bits per heavy atom. The molecule has 0 heterocycles. The number of hydrogen-bond acceptors (Lipinski definition) is 6. The summed E-state index contributed by atoms with van der Waals surface area (Å²) in [6, 6.07) is 0. The van der Waals surface area contributed by atoms with E-state index in [0.717, 1.165) is 64.2 Å². The average molecular weight is 904 g/mol. The second-order valence-electron chi connectivity index (χ2n) is 19.6. The minimum absolute atomic E-state index is 0.0666. The first-order chi connectivity index (χ1) is 31.5. The van der Waals surface area contributed by atoms with E-state index in [1.807, 2.05) is 0 Å². The van der Waals surface area contributed by atoms with Crippen molar-refractivity contribution in [2.24, 2.45) is 0 Å². The summed E-state index contributed by atoms with van der Waals surface area (Å²) in [6.45, 7) is 6.67. The zero-order valence-corrected chi connectivity index (χ0v) is 43.3. The van der Waals surface area contributed by atoms with Crippen LogP contribution in [0.3, 0.4) is 0 Å². The van der Waals surface area contributed by atoms with Crippen LogP contribution >= 0.6 is 0 Å². The summed E-state index contributed by atoms with van der Waals surface area (Å²) in [4.78, 5) is 38.1. The van der Waals surface area contributed by atoms with Gasteiger partial charge in [-0.05, 0) is 44.9 Å². The van der Waals surface area contributed by atoms with E-state index in [9.17, 15) is 14.4 Å². The second kappa shape index (κ2) is 53.8. The predicted molar refractivity (Wildman–Crippen MR) is 275 cm³/mol. The molecule has 0 spiro atoms. The lowest BCUT2D eigenvalue weighted by molar-refractivity contribution is -0.167. The van der Waals surface area contributed by atoms with Crippen molar-refractivity contribution in [3.8, 4) is 0 Å². The molecule has 0 aromatic rings. The van der Waals surface area contributed by atoms with Crippen LogP contribution in [0.15, 0.2) is 12.2 Å². The molecule has 1 unspecified atom stereocenters. The lowest BCUT2D eigenvalue weighted by Gasteiger charge is -2.18. The van der Waals surface area contributed by atoms with Crippen molar-refractivity contribution >= 4 is 17.9 Å². The highest BCUT2D eigenvalue weighted by Crippen LogP contribution is 2.17. The lowest BCUT2D eigenvalue weighted by Crippen LogP contribution is -2.30. The summed E-state index contributed by atoms with van der Waals surface area (Å²) in [5.41, 5.74) is 0. The maximum atomic E-state index is 12.8. The van der Waals surface area contributed by atoms with E-state index in [1.54, 1.807) is 0 Å². The fourth-order valence-corrected chi connectivity index (χ4v) is 8.68. The minimum atomic E-state index is -0.767. The Morgan fingerprint density at radius 3 is 0.812 bits per heavy atom. The van der Waals surface area contributed by atoms with E-state index in [2.05, 4.69) is 32.9 Å². The van der Waals surface area contributed by atoms with Crippen molar-refractivity contribution in [3.05, 3.63) is 12.2 Å². The number of ether oxygens (including phenoxy) is 3. The topological polar surface area (TPSA) is 78.9 Å². The van der Waals surface area contributed by atoms with E-state index < -0.39 is 6.10 Å². The van der Waals surface area contributed by atoms with Crippen molar-refractivity contribution in [2.75, 3.05) is 13.2 Å². The number of unbranched alkanes of at least 4 members (excludes halogenated alkanes) is 40. The lowest BCUT2D eigenvalue weighted by atomic mass is 10.0. The van der Waals surface area contributed by atoms with Crippen LogP contribution in [-0.2, 0) is 28.6 Å². The number of esters is 3. The summed E-state index contributed by atoms with van der Waals surface area (Å²) >= 11 is 0. The van der Waals surface area contributed by atoms with Gasteiger partial charge in [0, 0.05) is 19.3 Å². The van der Waals surface area contributed by atoms with Gasteiger partial charge >= 0.3 is 17.9 Å². The summed E-state index contributed by atoms with van der Waals surface area (Å²) in [6.07, 6.45) is 60.6. The minimum Gasteiger partial charge on any atom is -0.462 e. The van der Waals surface area contributed by atoms with Gasteiger partial charge in [0.1, 0.15) is 13.2 Å². The smallest absolute Gasteiger partial charge is 0.306 e. The molecular weight excluding hydrogens is 793 g/mol. The van der Waals surface area contributed by atoms with Crippen molar-refractivity contribution in [1.82, 2.24) is 0 Å². The summed E-state index contributed by atoms with van der Waals surface area (Å²) in [7, 11) is 0. The Balaban J connectivity index is 4.28. The Hall–Kier alpha value is -1.85. The number of hydrogen-bond donors (Lipinski definition) is 0. The molecule has 1 atom stereocenters. The van der Waals surface area contributed by atoms with E-state index in [1.165, 1.54) is 218 Å². The van der Waals surface area contributed by atoms with Crippen LogP contribution < -0.4 is 0 Å². The molecule has 6 nitrogen and oxygen atoms in total. The number of carbonyl (C=O) groups is 3.